The van der Waals surface area contributed by atoms with E-state index in [1.54, 1.807) is 36.9 Å². The van der Waals surface area contributed by atoms with E-state index in [4.69, 9.17) is 0 Å². The highest BCUT2D eigenvalue weighted by atomic mass is 32.2. The van der Waals surface area contributed by atoms with Gasteiger partial charge in [0.25, 0.3) is 0 Å². The highest BCUT2D eigenvalue weighted by Gasteiger charge is 2.39. The van der Waals surface area contributed by atoms with Crippen LogP contribution < -0.4 is 0 Å². The van der Waals surface area contributed by atoms with Gasteiger partial charge in [-0.05, 0) is 61.5 Å². The SMILES string of the molecule is C.C=C/C=C\C1=C(C)SC(C=C)=C(/C=C\C)C1C(C(C)=O)C(=O)/C(C)=C/C=C(/F)C=C.CC.CC. The second kappa shape index (κ2) is 20.6. The summed E-state index contributed by atoms with van der Waals surface area (Å²) < 4.78 is 13.4. The van der Waals surface area contributed by atoms with E-state index in [1.807, 2.05) is 59.8 Å². The summed E-state index contributed by atoms with van der Waals surface area (Å²) in [7, 11) is 0. The van der Waals surface area contributed by atoms with Crippen molar-refractivity contribution in [2.45, 2.75) is 62.8 Å². The Labute approximate surface area is 218 Å². The highest BCUT2D eigenvalue weighted by molar-refractivity contribution is 8.07. The van der Waals surface area contributed by atoms with Crippen molar-refractivity contribution in [1.29, 1.82) is 0 Å². The summed E-state index contributed by atoms with van der Waals surface area (Å²) in [6.07, 6.45) is 14.5. The van der Waals surface area contributed by atoms with Gasteiger partial charge in [-0.2, -0.15) is 0 Å². The van der Waals surface area contributed by atoms with Crippen LogP contribution in [-0.4, -0.2) is 11.6 Å². The van der Waals surface area contributed by atoms with Crippen molar-refractivity contribution < 1.29 is 14.0 Å². The smallest absolute Gasteiger partial charge is 0.169 e. The monoisotopic (exact) mass is 500 g/mol. The third-order valence-corrected chi connectivity index (χ3v) is 5.86. The van der Waals surface area contributed by atoms with Crippen LogP contribution in [0.3, 0.4) is 0 Å². The predicted octanol–water partition coefficient (Wildman–Crippen LogP) is 9.83. The molecule has 1 rings (SSSR count). The molecule has 194 valence electrons. The fourth-order valence-corrected chi connectivity index (χ4v) is 4.31. The van der Waals surface area contributed by atoms with Crippen LogP contribution in [0.15, 0.2) is 107 Å². The molecule has 0 bridgehead atoms. The first kappa shape index (κ1) is 36.8. The maximum Gasteiger partial charge on any atom is 0.169 e. The third kappa shape index (κ3) is 11.0. The van der Waals surface area contributed by atoms with Gasteiger partial charge in [-0.15, -0.1) is 0 Å². The van der Waals surface area contributed by atoms with E-state index in [9.17, 15) is 14.0 Å². The molecule has 0 spiro atoms. The average molecular weight is 501 g/mol. The zero-order chi connectivity index (χ0) is 26.8. The number of thioether (sulfide) groups is 1. The molecule has 0 aromatic rings. The van der Waals surface area contributed by atoms with Gasteiger partial charge in [0.15, 0.2) is 5.78 Å². The van der Waals surface area contributed by atoms with E-state index in [0.717, 1.165) is 27.0 Å². The predicted molar refractivity (Wildman–Crippen MR) is 157 cm³/mol. The minimum atomic E-state index is -0.942. The number of allylic oxidation sites excluding steroid dienone is 14. The molecule has 0 aliphatic carbocycles. The van der Waals surface area contributed by atoms with Crippen LogP contribution in [0.25, 0.3) is 0 Å². The van der Waals surface area contributed by atoms with Gasteiger partial charge in [0.05, 0.1) is 5.92 Å². The number of ketones is 2. The van der Waals surface area contributed by atoms with Gasteiger partial charge in [0.1, 0.15) is 11.6 Å². The summed E-state index contributed by atoms with van der Waals surface area (Å²) in [6.45, 7) is 25.8. The fourth-order valence-electron chi connectivity index (χ4n) is 3.27. The number of hydrogen-bond acceptors (Lipinski definition) is 3. The number of carbonyl (C=O) groups is 2. The summed E-state index contributed by atoms with van der Waals surface area (Å²) in [4.78, 5) is 28.0. The van der Waals surface area contributed by atoms with Crippen LogP contribution in [0.5, 0.6) is 0 Å². The molecule has 1 aliphatic rings. The maximum absolute atomic E-state index is 13.4. The Kier molecular flexibility index (Phi) is 21.7. The lowest BCUT2D eigenvalue weighted by molar-refractivity contribution is -0.130. The van der Waals surface area contributed by atoms with Gasteiger partial charge in [0.2, 0.25) is 0 Å². The van der Waals surface area contributed by atoms with Crippen LogP contribution in [-0.2, 0) is 9.59 Å². The molecule has 0 aromatic carbocycles. The summed E-state index contributed by atoms with van der Waals surface area (Å²) in [5, 5.41) is 0. The molecular formula is C31H45FO2S. The van der Waals surface area contributed by atoms with Crippen molar-refractivity contribution in [3.63, 3.8) is 0 Å². The first-order valence-electron chi connectivity index (χ1n) is 11.6. The Hall–Kier alpha value is -2.72. The molecule has 2 atom stereocenters. The van der Waals surface area contributed by atoms with Crippen LogP contribution in [0.1, 0.15) is 62.8 Å². The van der Waals surface area contributed by atoms with Crippen molar-refractivity contribution >= 4 is 23.3 Å². The largest absolute Gasteiger partial charge is 0.299 e. The molecule has 0 saturated heterocycles. The molecule has 1 aliphatic heterocycles. The number of Topliss-reactive ketones (excluding diaryl/α,β-unsaturated/α-hetero) is 2. The summed E-state index contributed by atoms with van der Waals surface area (Å²) in [6, 6.07) is 0. The topological polar surface area (TPSA) is 34.1 Å². The van der Waals surface area contributed by atoms with E-state index in [0.29, 0.717) is 5.57 Å². The van der Waals surface area contributed by atoms with Crippen molar-refractivity contribution in [1.82, 2.24) is 0 Å². The molecule has 0 radical (unpaired) electrons. The first-order valence-corrected chi connectivity index (χ1v) is 12.4. The molecule has 0 amide bonds. The molecule has 2 unspecified atom stereocenters. The molecule has 0 fully saturated rings. The highest BCUT2D eigenvalue weighted by Crippen LogP contribution is 2.47. The van der Waals surface area contributed by atoms with Crippen molar-refractivity contribution in [2.75, 3.05) is 0 Å². The molecule has 35 heavy (non-hydrogen) atoms. The number of hydrogen-bond donors (Lipinski definition) is 0. The van der Waals surface area contributed by atoms with E-state index in [2.05, 4.69) is 19.7 Å². The van der Waals surface area contributed by atoms with Gasteiger partial charge in [-0.3, -0.25) is 9.59 Å². The van der Waals surface area contributed by atoms with Gasteiger partial charge < -0.3 is 0 Å². The number of rotatable bonds is 10. The molecule has 0 N–H and O–H groups in total. The number of carbonyl (C=O) groups excluding carboxylic acids is 2. The zero-order valence-electron chi connectivity index (χ0n) is 22.1. The van der Waals surface area contributed by atoms with Gasteiger partial charge in [-0.1, -0.05) is 109 Å². The van der Waals surface area contributed by atoms with Crippen LogP contribution in [0, 0.1) is 11.8 Å². The Morgan fingerprint density at radius 1 is 1.00 bits per heavy atom. The normalized spacial score (nSPS) is 17.0. The Balaban J connectivity index is -0.00000194. The fraction of sp³-hybridized carbons (Fsp3) is 0.355. The first-order chi connectivity index (χ1) is 16.2. The average Bonchev–Trinajstić information content (AvgIpc) is 2.85. The molecule has 0 saturated carbocycles. The van der Waals surface area contributed by atoms with Crippen LogP contribution in [0.2, 0.25) is 0 Å². The molecule has 2 nitrogen and oxygen atoms in total. The molecular weight excluding hydrogens is 455 g/mol. The molecule has 0 aromatic heterocycles. The molecule has 4 heteroatoms. The lowest BCUT2D eigenvalue weighted by Gasteiger charge is -2.33. The quantitative estimate of drug-likeness (QED) is 0.170. The van der Waals surface area contributed by atoms with Crippen molar-refractivity contribution in [3.8, 4) is 0 Å². The summed E-state index contributed by atoms with van der Waals surface area (Å²) >= 11 is 1.56. The maximum atomic E-state index is 13.4. The van der Waals surface area contributed by atoms with Crippen LogP contribution in [0.4, 0.5) is 4.39 Å². The standard InChI is InChI=1S/C26H29FO2S.2C2H6.CH4/c1-8-12-14-21-19(7)30-23(11-4)22(13-9-2)25(21)24(18(6)28)26(29)17(5)15-16-20(27)10-3;2*1-2;/h8-16,24-25H,1,3-4H2,2,5-7H3;2*1-2H3;1H4/b13-9-,14-12-,17-15+,20-16+;;;. The second-order valence-corrected chi connectivity index (χ2v) is 8.02. The Bertz CT molecular complexity index is 924. The van der Waals surface area contributed by atoms with E-state index in [-0.39, 0.29) is 19.0 Å². The molecule has 1 heterocycles. The lowest BCUT2D eigenvalue weighted by atomic mass is 9.73. The van der Waals surface area contributed by atoms with Crippen molar-refractivity contribution in [3.05, 3.63) is 107 Å². The van der Waals surface area contributed by atoms with E-state index < -0.39 is 17.7 Å². The Morgan fingerprint density at radius 2 is 1.57 bits per heavy atom. The zero-order valence-corrected chi connectivity index (χ0v) is 22.9. The minimum absolute atomic E-state index is 0. The Morgan fingerprint density at radius 3 is 2.00 bits per heavy atom. The lowest BCUT2D eigenvalue weighted by Crippen LogP contribution is -2.34. The second-order valence-electron chi connectivity index (χ2n) is 6.77. The van der Waals surface area contributed by atoms with Gasteiger partial charge in [0, 0.05) is 10.8 Å². The van der Waals surface area contributed by atoms with Gasteiger partial charge >= 0.3 is 0 Å². The summed E-state index contributed by atoms with van der Waals surface area (Å²) in [5.41, 5.74) is 2.05. The summed E-state index contributed by atoms with van der Waals surface area (Å²) in [5.74, 6) is -2.56. The van der Waals surface area contributed by atoms with E-state index in [1.165, 1.54) is 19.1 Å². The minimum Gasteiger partial charge on any atom is -0.299 e. The van der Waals surface area contributed by atoms with Gasteiger partial charge in [-0.25, -0.2) is 4.39 Å². The number of halogens is 1. The third-order valence-electron chi connectivity index (χ3n) is 4.70. The van der Waals surface area contributed by atoms with Crippen molar-refractivity contribution in [2.24, 2.45) is 11.8 Å². The van der Waals surface area contributed by atoms with Crippen LogP contribution >= 0.6 is 11.8 Å². The van der Waals surface area contributed by atoms with E-state index >= 15 is 0 Å².